The van der Waals surface area contributed by atoms with Crippen molar-refractivity contribution >= 4 is 0 Å². The highest BCUT2D eigenvalue weighted by Crippen LogP contribution is 2.17. The second kappa shape index (κ2) is 6.39. The number of aliphatic hydroxyl groups is 1. The molecule has 0 aromatic carbocycles. The van der Waals surface area contributed by atoms with Crippen molar-refractivity contribution in [3.63, 3.8) is 0 Å². The molecule has 2 unspecified atom stereocenters. The summed E-state index contributed by atoms with van der Waals surface area (Å²) in [4.78, 5) is 4.09. The molecule has 2 atom stereocenters. The van der Waals surface area contributed by atoms with Crippen LogP contribution in [0.3, 0.4) is 0 Å². The van der Waals surface area contributed by atoms with Crippen LogP contribution in [0.2, 0.25) is 0 Å². The van der Waals surface area contributed by atoms with Gasteiger partial charge in [0, 0.05) is 17.8 Å². The summed E-state index contributed by atoms with van der Waals surface area (Å²) in [7, 11) is 0. The lowest BCUT2D eigenvalue weighted by Crippen LogP contribution is -2.36. The Labute approximate surface area is 107 Å². The van der Waals surface area contributed by atoms with Crippen LogP contribution < -0.4 is 10.1 Å². The fourth-order valence-electron chi connectivity index (χ4n) is 2.10. The van der Waals surface area contributed by atoms with Crippen LogP contribution in [0.1, 0.15) is 25.3 Å². The first kappa shape index (κ1) is 12.9. The lowest BCUT2D eigenvalue weighted by atomic mass is 10.1. The Balaban J connectivity index is 1.99. The molecule has 1 aromatic rings. The van der Waals surface area contributed by atoms with Gasteiger partial charge in [0.05, 0.1) is 6.20 Å². The molecule has 96 valence electrons. The van der Waals surface area contributed by atoms with E-state index < -0.39 is 0 Å². The number of aromatic nitrogens is 1. The van der Waals surface area contributed by atoms with Gasteiger partial charge in [-0.1, -0.05) is 11.8 Å². The fourth-order valence-corrected chi connectivity index (χ4v) is 2.10. The lowest BCUT2D eigenvalue weighted by molar-refractivity contribution is 0.179. The van der Waals surface area contributed by atoms with Gasteiger partial charge in [0.2, 0.25) is 0 Å². The molecular weight excluding hydrogens is 228 g/mol. The van der Waals surface area contributed by atoms with E-state index in [4.69, 9.17) is 9.84 Å². The highest BCUT2D eigenvalue weighted by Gasteiger charge is 2.22. The molecule has 1 aliphatic rings. The van der Waals surface area contributed by atoms with Gasteiger partial charge < -0.3 is 15.2 Å². The van der Waals surface area contributed by atoms with Gasteiger partial charge >= 0.3 is 0 Å². The van der Waals surface area contributed by atoms with Crippen LogP contribution in [0.15, 0.2) is 18.5 Å². The Bertz CT molecular complexity index is 445. The Kier molecular flexibility index (Phi) is 4.57. The van der Waals surface area contributed by atoms with Crippen molar-refractivity contribution in [3.05, 3.63) is 24.0 Å². The van der Waals surface area contributed by atoms with Crippen LogP contribution in [0, 0.1) is 11.8 Å². The third-order valence-corrected chi connectivity index (χ3v) is 3.01. The summed E-state index contributed by atoms with van der Waals surface area (Å²) in [6.45, 7) is 2.99. The zero-order valence-corrected chi connectivity index (χ0v) is 10.5. The SMILES string of the molecule is CC(Oc1cncc(C#CCO)c1)C1CCCN1. The van der Waals surface area contributed by atoms with E-state index in [1.165, 1.54) is 6.42 Å². The van der Waals surface area contributed by atoms with Gasteiger partial charge in [-0.3, -0.25) is 4.98 Å². The van der Waals surface area contributed by atoms with E-state index >= 15 is 0 Å². The van der Waals surface area contributed by atoms with Gasteiger partial charge in [0.1, 0.15) is 18.5 Å². The average Bonchev–Trinajstić information content (AvgIpc) is 2.91. The molecule has 0 radical (unpaired) electrons. The van der Waals surface area contributed by atoms with Crippen molar-refractivity contribution in [3.8, 4) is 17.6 Å². The van der Waals surface area contributed by atoms with Gasteiger partial charge in [0.25, 0.3) is 0 Å². The Morgan fingerprint density at radius 1 is 1.61 bits per heavy atom. The molecule has 2 heterocycles. The predicted molar refractivity (Wildman–Crippen MR) is 69.3 cm³/mol. The number of hydrogen-bond donors (Lipinski definition) is 2. The summed E-state index contributed by atoms with van der Waals surface area (Å²) < 4.78 is 5.86. The van der Waals surface area contributed by atoms with Crippen LogP contribution in [0.4, 0.5) is 0 Å². The summed E-state index contributed by atoms with van der Waals surface area (Å²) in [6, 6.07) is 2.26. The van der Waals surface area contributed by atoms with Crippen molar-refractivity contribution in [2.45, 2.75) is 31.9 Å². The third kappa shape index (κ3) is 3.46. The van der Waals surface area contributed by atoms with Gasteiger partial charge in [-0.05, 0) is 32.4 Å². The molecule has 1 aromatic heterocycles. The number of nitrogens with zero attached hydrogens (tertiary/aromatic N) is 1. The predicted octanol–water partition coefficient (Wildman–Crippen LogP) is 0.945. The number of nitrogens with one attached hydrogen (secondary N) is 1. The van der Waals surface area contributed by atoms with Crippen LogP contribution in [-0.4, -0.2) is 35.4 Å². The van der Waals surface area contributed by atoms with E-state index in [-0.39, 0.29) is 12.7 Å². The second-order valence-corrected chi connectivity index (χ2v) is 4.40. The smallest absolute Gasteiger partial charge is 0.139 e. The van der Waals surface area contributed by atoms with Crippen LogP contribution in [0.5, 0.6) is 5.75 Å². The fraction of sp³-hybridized carbons (Fsp3) is 0.500. The van der Waals surface area contributed by atoms with E-state index in [9.17, 15) is 0 Å². The highest BCUT2D eigenvalue weighted by atomic mass is 16.5. The van der Waals surface area contributed by atoms with Crippen molar-refractivity contribution in [2.24, 2.45) is 0 Å². The number of pyridine rings is 1. The van der Waals surface area contributed by atoms with E-state index in [0.29, 0.717) is 6.04 Å². The molecular formula is C14H18N2O2. The minimum absolute atomic E-state index is 0.121. The minimum Gasteiger partial charge on any atom is -0.487 e. The number of rotatable bonds is 3. The number of aliphatic hydroxyl groups excluding tert-OH is 1. The molecule has 0 spiro atoms. The molecule has 1 aliphatic heterocycles. The maximum Gasteiger partial charge on any atom is 0.139 e. The molecule has 2 rings (SSSR count). The molecule has 1 fully saturated rings. The molecule has 4 nitrogen and oxygen atoms in total. The summed E-state index contributed by atoms with van der Waals surface area (Å²) in [5.74, 6) is 6.14. The van der Waals surface area contributed by atoms with Gasteiger partial charge in [-0.25, -0.2) is 0 Å². The third-order valence-electron chi connectivity index (χ3n) is 3.01. The first-order chi connectivity index (χ1) is 8.79. The first-order valence-electron chi connectivity index (χ1n) is 6.24. The standard InChI is InChI=1S/C14H18N2O2/c1-11(14-5-2-6-16-14)18-13-8-12(4-3-7-17)9-15-10-13/h8-11,14,16-17H,2,5-7H2,1H3. The monoisotopic (exact) mass is 246 g/mol. The molecule has 0 saturated carbocycles. The molecule has 4 heteroatoms. The molecule has 2 N–H and O–H groups in total. The number of ether oxygens (including phenoxy) is 1. The maximum atomic E-state index is 8.65. The van der Waals surface area contributed by atoms with E-state index in [1.54, 1.807) is 12.4 Å². The summed E-state index contributed by atoms with van der Waals surface area (Å²) >= 11 is 0. The van der Waals surface area contributed by atoms with Crippen molar-refractivity contribution < 1.29 is 9.84 Å². The Hall–Kier alpha value is -1.57. The summed E-state index contributed by atoms with van der Waals surface area (Å²) in [5.41, 5.74) is 0.758. The minimum atomic E-state index is -0.145. The molecule has 0 amide bonds. The van der Waals surface area contributed by atoms with E-state index in [2.05, 4.69) is 29.1 Å². The molecule has 1 saturated heterocycles. The summed E-state index contributed by atoms with van der Waals surface area (Å²) in [6.07, 6.45) is 5.83. The van der Waals surface area contributed by atoms with Crippen LogP contribution >= 0.6 is 0 Å². The second-order valence-electron chi connectivity index (χ2n) is 4.40. The largest absolute Gasteiger partial charge is 0.487 e. The van der Waals surface area contributed by atoms with Gasteiger partial charge in [-0.2, -0.15) is 0 Å². The maximum absolute atomic E-state index is 8.65. The topological polar surface area (TPSA) is 54.4 Å². The van der Waals surface area contributed by atoms with Crippen molar-refractivity contribution in [1.82, 2.24) is 10.3 Å². The van der Waals surface area contributed by atoms with Crippen LogP contribution in [0.25, 0.3) is 0 Å². The van der Waals surface area contributed by atoms with Crippen molar-refractivity contribution in [2.75, 3.05) is 13.2 Å². The normalized spacial score (nSPS) is 20.0. The Morgan fingerprint density at radius 2 is 2.50 bits per heavy atom. The molecule has 18 heavy (non-hydrogen) atoms. The van der Waals surface area contributed by atoms with Crippen LogP contribution in [-0.2, 0) is 0 Å². The molecule has 0 bridgehead atoms. The number of hydrogen-bond acceptors (Lipinski definition) is 4. The van der Waals surface area contributed by atoms with Crippen molar-refractivity contribution in [1.29, 1.82) is 0 Å². The van der Waals surface area contributed by atoms with E-state index in [1.807, 2.05) is 6.07 Å². The van der Waals surface area contributed by atoms with E-state index in [0.717, 1.165) is 24.3 Å². The Morgan fingerprint density at radius 3 is 3.22 bits per heavy atom. The molecule has 0 aliphatic carbocycles. The lowest BCUT2D eigenvalue weighted by Gasteiger charge is -2.20. The average molecular weight is 246 g/mol. The first-order valence-corrected chi connectivity index (χ1v) is 6.24. The van der Waals surface area contributed by atoms with Gasteiger partial charge in [-0.15, -0.1) is 0 Å². The zero-order chi connectivity index (χ0) is 12.8. The van der Waals surface area contributed by atoms with Gasteiger partial charge in [0.15, 0.2) is 0 Å². The summed E-state index contributed by atoms with van der Waals surface area (Å²) in [5, 5.41) is 12.1. The zero-order valence-electron chi connectivity index (χ0n) is 10.5. The quantitative estimate of drug-likeness (QED) is 0.780. The highest BCUT2D eigenvalue weighted by molar-refractivity contribution is 5.36.